The number of aromatic nitrogens is 1. The van der Waals surface area contributed by atoms with Crippen molar-refractivity contribution in [1.82, 2.24) is 9.29 Å². The van der Waals surface area contributed by atoms with Crippen LogP contribution in [-0.2, 0) is 19.5 Å². The van der Waals surface area contributed by atoms with E-state index in [2.05, 4.69) is 10.1 Å². The number of nitro groups is 1. The van der Waals surface area contributed by atoms with Gasteiger partial charge in [0.05, 0.1) is 51.5 Å². The highest BCUT2D eigenvalue weighted by atomic mass is 32.2. The number of thiazole rings is 1. The monoisotopic (exact) mass is 633 g/mol. The van der Waals surface area contributed by atoms with E-state index >= 15 is 0 Å². The van der Waals surface area contributed by atoms with Gasteiger partial charge in [-0.05, 0) is 48.5 Å². The minimum atomic E-state index is -3.89. The smallest absolute Gasteiger partial charge is 0.324 e. The summed E-state index contributed by atoms with van der Waals surface area (Å²) >= 11 is 2.10. The number of hydrogen-bond acceptors (Lipinski definition) is 12. The molecule has 0 saturated heterocycles. The molecule has 2 heterocycles. The lowest BCUT2D eigenvalue weighted by atomic mass is 10.2. The van der Waals surface area contributed by atoms with E-state index in [1.807, 2.05) is 0 Å². The Labute approximate surface area is 249 Å². The normalized spacial score (nSPS) is 11.9. The number of hydrogen-bond donors (Lipinski definition) is 0. The molecule has 13 nitrogen and oxygen atoms in total. The molecule has 0 atom stereocenters. The minimum absolute atomic E-state index is 0.000662. The summed E-state index contributed by atoms with van der Waals surface area (Å²) in [5, 5.41) is 16.7. The summed E-state index contributed by atoms with van der Waals surface area (Å²) in [5.41, 5.74) is 0.768. The highest BCUT2D eigenvalue weighted by molar-refractivity contribution is 7.89. The fourth-order valence-electron chi connectivity index (χ4n) is 3.70. The first-order valence-corrected chi connectivity index (χ1v) is 15.4. The lowest BCUT2D eigenvalue weighted by molar-refractivity contribution is -0.380. The number of thiophene rings is 1. The van der Waals surface area contributed by atoms with Gasteiger partial charge in [-0.15, -0.1) is 0 Å². The molecule has 0 bridgehead atoms. The van der Waals surface area contributed by atoms with Gasteiger partial charge >= 0.3 is 5.00 Å². The molecule has 0 aliphatic carbocycles. The zero-order valence-electron chi connectivity index (χ0n) is 22.8. The first kappa shape index (κ1) is 31.1. The Morgan fingerprint density at radius 2 is 1.71 bits per heavy atom. The van der Waals surface area contributed by atoms with Crippen LogP contribution in [-0.4, -0.2) is 82.4 Å². The summed E-state index contributed by atoms with van der Waals surface area (Å²) in [5.74, 6) is 0.0368. The average molecular weight is 634 g/mol. The quantitative estimate of drug-likeness (QED) is 0.113. The molecule has 4 rings (SSSR count). The molecule has 0 fully saturated rings. The van der Waals surface area contributed by atoms with Gasteiger partial charge in [0.2, 0.25) is 15.2 Å². The molecule has 0 saturated carbocycles. The van der Waals surface area contributed by atoms with Crippen molar-refractivity contribution >= 4 is 65.2 Å². The number of methoxy groups -OCH3 is 3. The predicted octanol–water partition coefficient (Wildman–Crippen LogP) is 4.24. The van der Waals surface area contributed by atoms with Crippen LogP contribution < -0.4 is 9.75 Å². The molecule has 0 unspecified atom stereocenters. The number of fused-ring (bicyclic) bond motifs is 1. The zero-order chi connectivity index (χ0) is 30.3. The summed E-state index contributed by atoms with van der Waals surface area (Å²) < 4.78 is 43.9. The van der Waals surface area contributed by atoms with Crippen molar-refractivity contribution in [2.45, 2.75) is 4.90 Å². The first-order chi connectivity index (χ1) is 20.2. The van der Waals surface area contributed by atoms with E-state index in [4.69, 9.17) is 14.2 Å². The molecular formula is C26H27N5O8S3. The fourth-order valence-corrected chi connectivity index (χ4v) is 6.75. The second-order valence-corrected chi connectivity index (χ2v) is 12.6. The maximum Gasteiger partial charge on any atom is 0.324 e. The summed E-state index contributed by atoms with van der Waals surface area (Å²) in [6.07, 6.45) is 1.34. The van der Waals surface area contributed by atoms with Crippen molar-refractivity contribution in [2.75, 3.05) is 52.6 Å². The van der Waals surface area contributed by atoms with Crippen LogP contribution in [0.5, 0.6) is 5.75 Å². The second kappa shape index (κ2) is 13.9. The molecule has 0 radical (unpaired) electrons. The second-order valence-electron chi connectivity index (χ2n) is 8.54. The van der Waals surface area contributed by atoms with Crippen LogP contribution in [0.25, 0.3) is 10.2 Å². The third-order valence-electron chi connectivity index (χ3n) is 5.88. The number of benzene rings is 2. The summed E-state index contributed by atoms with van der Waals surface area (Å²) in [4.78, 5) is 29.3. The Bertz CT molecular complexity index is 1680. The van der Waals surface area contributed by atoms with E-state index in [0.29, 0.717) is 16.1 Å². The van der Waals surface area contributed by atoms with Crippen LogP contribution in [0.2, 0.25) is 0 Å². The van der Waals surface area contributed by atoms with Crippen LogP contribution in [0.15, 0.2) is 64.6 Å². The van der Waals surface area contributed by atoms with Gasteiger partial charge in [0.15, 0.2) is 0 Å². The largest absolute Gasteiger partial charge is 0.497 e. The highest BCUT2D eigenvalue weighted by Gasteiger charge is 2.26. The Balaban J connectivity index is 1.67. The summed E-state index contributed by atoms with van der Waals surface area (Å²) in [7, 11) is 0.618. The van der Waals surface area contributed by atoms with Gasteiger partial charge in [-0.25, -0.2) is 13.4 Å². The van der Waals surface area contributed by atoms with Gasteiger partial charge in [-0.1, -0.05) is 22.7 Å². The topological polar surface area (TPSA) is 154 Å². The molecular weight excluding hydrogens is 607 g/mol. The maximum atomic E-state index is 13.7. The molecule has 2 aromatic heterocycles. The molecule has 1 amide bonds. The molecule has 2 aromatic carbocycles. The average Bonchev–Trinajstić information content (AvgIpc) is 3.64. The Hall–Kier alpha value is -3.80. The van der Waals surface area contributed by atoms with Gasteiger partial charge in [-0.3, -0.25) is 14.9 Å². The van der Waals surface area contributed by atoms with Crippen LogP contribution >= 0.6 is 22.7 Å². The number of nitrogens with zero attached hydrogens (tertiary/aromatic N) is 5. The van der Waals surface area contributed by atoms with E-state index in [1.54, 1.807) is 25.3 Å². The molecule has 16 heteroatoms. The van der Waals surface area contributed by atoms with Crippen LogP contribution in [0.3, 0.4) is 0 Å². The summed E-state index contributed by atoms with van der Waals surface area (Å²) in [6.45, 7) is 0.672. The molecule has 0 spiro atoms. The standard InChI is InChI=1S/C26H27N5O8S3/c1-37-14-12-29(13-15-38-2)42(35,36)21-8-4-18(5-9-21)25(32)30(27-17-20-7-11-24(40-20)31(33)34)26-28-22-10-6-19(39-3)16-23(22)41-26/h4-11,16-17H,12-15H2,1-3H3/b27-17+. The Morgan fingerprint density at radius 3 is 2.31 bits per heavy atom. The number of amides is 1. The van der Waals surface area contributed by atoms with E-state index in [0.717, 1.165) is 21.0 Å². The molecule has 0 N–H and O–H groups in total. The fraction of sp³-hybridized carbons (Fsp3) is 0.269. The zero-order valence-corrected chi connectivity index (χ0v) is 25.3. The van der Waals surface area contributed by atoms with Gasteiger partial charge in [0.1, 0.15) is 5.75 Å². The van der Waals surface area contributed by atoms with Crippen LogP contribution in [0.4, 0.5) is 10.1 Å². The maximum absolute atomic E-state index is 13.7. The SMILES string of the molecule is COCCN(CCOC)S(=O)(=O)c1ccc(C(=O)N(/N=C/c2ccc([N+](=O)[O-])s2)c2nc3ccc(OC)cc3s2)cc1. The van der Waals surface area contributed by atoms with Gasteiger partial charge in [-0.2, -0.15) is 14.4 Å². The van der Waals surface area contributed by atoms with Crippen molar-refractivity contribution in [2.24, 2.45) is 5.10 Å². The van der Waals surface area contributed by atoms with E-state index in [1.165, 1.54) is 72.5 Å². The number of rotatable bonds is 14. The van der Waals surface area contributed by atoms with Crippen molar-refractivity contribution in [3.05, 3.63) is 75.2 Å². The van der Waals surface area contributed by atoms with Gasteiger partial charge < -0.3 is 14.2 Å². The lowest BCUT2D eigenvalue weighted by Crippen LogP contribution is -2.36. The van der Waals surface area contributed by atoms with Crippen molar-refractivity contribution in [1.29, 1.82) is 0 Å². The third-order valence-corrected chi connectivity index (χ3v) is 9.76. The predicted molar refractivity (Wildman–Crippen MR) is 161 cm³/mol. The first-order valence-electron chi connectivity index (χ1n) is 12.3. The third kappa shape index (κ3) is 7.15. The number of sulfonamides is 1. The molecule has 0 aliphatic rings. The van der Waals surface area contributed by atoms with Gasteiger partial charge in [0.25, 0.3) is 5.91 Å². The Kier molecular flexibility index (Phi) is 10.3. The van der Waals surface area contributed by atoms with Crippen molar-refractivity contribution in [3.63, 3.8) is 0 Å². The molecule has 4 aromatic rings. The van der Waals surface area contributed by atoms with Gasteiger partial charge in [0, 0.05) is 38.9 Å². The van der Waals surface area contributed by atoms with E-state index < -0.39 is 20.9 Å². The molecule has 222 valence electrons. The van der Waals surface area contributed by atoms with Crippen molar-refractivity contribution in [3.8, 4) is 5.75 Å². The number of anilines is 1. The number of carbonyl (C=O) groups is 1. The van der Waals surface area contributed by atoms with Crippen molar-refractivity contribution < 1.29 is 32.3 Å². The van der Waals surface area contributed by atoms with Crippen LogP contribution in [0.1, 0.15) is 15.2 Å². The highest BCUT2D eigenvalue weighted by Crippen LogP contribution is 2.33. The molecule has 42 heavy (non-hydrogen) atoms. The number of ether oxygens (including phenoxy) is 3. The number of carbonyl (C=O) groups excluding carboxylic acids is 1. The lowest BCUT2D eigenvalue weighted by Gasteiger charge is -2.21. The molecule has 0 aliphatic heterocycles. The van der Waals surface area contributed by atoms with Crippen LogP contribution in [0, 0.1) is 10.1 Å². The summed E-state index contributed by atoms with van der Waals surface area (Å²) in [6, 6.07) is 13.6. The van der Waals surface area contributed by atoms with E-state index in [9.17, 15) is 23.3 Å². The number of hydrazone groups is 1. The Morgan fingerprint density at radius 1 is 1.02 bits per heavy atom. The minimum Gasteiger partial charge on any atom is -0.497 e. The van der Waals surface area contributed by atoms with E-state index in [-0.39, 0.29) is 46.9 Å².